The number of aromatic nitrogens is 2. The molecule has 0 spiro atoms. The Labute approximate surface area is 125 Å². The Hall–Kier alpha value is -2.14. The second kappa shape index (κ2) is 7.59. The maximum Gasteiger partial charge on any atom is 0.158 e. The number of nitrogens with one attached hydrogen (secondary N) is 1. The topological polar surface area (TPSA) is 73.1 Å². The van der Waals surface area contributed by atoms with E-state index in [2.05, 4.69) is 34.3 Å². The van der Waals surface area contributed by atoms with Crippen molar-refractivity contribution >= 4 is 11.6 Å². The zero-order valence-corrected chi connectivity index (χ0v) is 12.5. The minimum absolute atomic E-state index is 0.252. The molecule has 0 amide bonds. The number of benzene rings is 1. The smallest absolute Gasteiger partial charge is 0.158 e. The molecule has 0 aliphatic rings. The first kappa shape index (κ1) is 15.3. The maximum absolute atomic E-state index is 5.81. The Balaban J connectivity index is 1.99. The first-order valence-electron chi connectivity index (χ1n) is 7.19. The molecule has 1 aromatic carbocycles. The van der Waals surface area contributed by atoms with E-state index in [-0.39, 0.29) is 6.04 Å². The van der Waals surface area contributed by atoms with Crippen molar-refractivity contribution in [2.24, 2.45) is 0 Å². The van der Waals surface area contributed by atoms with Gasteiger partial charge in [0.15, 0.2) is 5.82 Å². The van der Waals surface area contributed by atoms with Crippen molar-refractivity contribution in [2.75, 3.05) is 17.7 Å². The average molecular weight is 286 g/mol. The molecule has 5 nitrogen and oxygen atoms in total. The van der Waals surface area contributed by atoms with E-state index in [9.17, 15) is 0 Å². The lowest BCUT2D eigenvalue weighted by Crippen LogP contribution is -2.19. The lowest BCUT2D eigenvalue weighted by molar-refractivity contribution is 0.128. The molecular formula is C16H22N4O. The van der Waals surface area contributed by atoms with Gasteiger partial charge in [0.25, 0.3) is 0 Å². The summed E-state index contributed by atoms with van der Waals surface area (Å²) in [6.45, 7) is 5.07. The molecule has 2 rings (SSSR count). The van der Waals surface area contributed by atoms with Crippen LogP contribution in [-0.2, 0) is 17.8 Å². The van der Waals surface area contributed by atoms with E-state index < -0.39 is 0 Å². The van der Waals surface area contributed by atoms with E-state index in [4.69, 9.17) is 10.5 Å². The molecule has 2 aromatic rings. The number of nitrogens with two attached hydrogens (primary N) is 1. The Morgan fingerprint density at radius 3 is 2.71 bits per heavy atom. The van der Waals surface area contributed by atoms with Crippen LogP contribution in [0.3, 0.4) is 0 Å². The maximum atomic E-state index is 5.81. The number of hydrogen-bond acceptors (Lipinski definition) is 5. The molecule has 0 saturated carbocycles. The Kier molecular flexibility index (Phi) is 5.51. The van der Waals surface area contributed by atoms with Crippen LogP contribution in [-0.4, -0.2) is 22.6 Å². The molecule has 3 N–H and O–H groups in total. The number of nitrogens with zero attached hydrogens (tertiary/aromatic N) is 2. The van der Waals surface area contributed by atoms with Gasteiger partial charge in [0.1, 0.15) is 18.2 Å². The zero-order chi connectivity index (χ0) is 15.1. The van der Waals surface area contributed by atoms with Gasteiger partial charge in [-0.2, -0.15) is 0 Å². The lowest BCUT2D eigenvalue weighted by atomic mass is 10.1. The van der Waals surface area contributed by atoms with E-state index in [0.29, 0.717) is 24.9 Å². The van der Waals surface area contributed by atoms with Crippen LogP contribution in [0.1, 0.15) is 25.2 Å². The molecule has 1 aromatic heterocycles. The van der Waals surface area contributed by atoms with E-state index in [0.717, 1.165) is 12.2 Å². The summed E-state index contributed by atoms with van der Waals surface area (Å²) in [7, 11) is 0. The minimum atomic E-state index is 0.252. The van der Waals surface area contributed by atoms with Crippen molar-refractivity contribution in [3.63, 3.8) is 0 Å². The molecule has 0 aliphatic carbocycles. The van der Waals surface area contributed by atoms with Gasteiger partial charge in [-0.1, -0.05) is 30.3 Å². The molecule has 112 valence electrons. The van der Waals surface area contributed by atoms with E-state index in [1.54, 1.807) is 6.07 Å². The van der Waals surface area contributed by atoms with Crippen molar-refractivity contribution in [1.29, 1.82) is 0 Å². The molecule has 21 heavy (non-hydrogen) atoms. The van der Waals surface area contributed by atoms with Gasteiger partial charge in [0, 0.05) is 18.7 Å². The fourth-order valence-electron chi connectivity index (χ4n) is 2.12. The fraction of sp³-hybridized carbons (Fsp3) is 0.375. The van der Waals surface area contributed by atoms with E-state index in [1.807, 2.05) is 25.1 Å². The Morgan fingerprint density at radius 1 is 1.24 bits per heavy atom. The second-order valence-electron chi connectivity index (χ2n) is 4.97. The summed E-state index contributed by atoms with van der Waals surface area (Å²) in [5.74, 6) is 1.79. The van der Waals surface area contributed by atoms with Crippen molar-refractivity contribution in [3.05, 3.63) is 47.8 Å². The molecule has 5 heteroatoms. The van der Waals surface area contributed by atoms with Crippen LogP contribution >= 0.6 is 0 Å². The van der Waals surface area contributed by atoms with Gasteiger partial charge >= 0.3 is 0 Å². The van der Waals surface area contributed by atoms with Crippen molar-refractivity contribution in [1.82, 2.24) is 9.97 Å². The minimum Gasteiger partial charge on any atom is -0.384 e. The first-order valence-corrected chi connectivity index (χ1v) is 7.19. The molecule has 1 unspecified atom stereocenters. The molecule has 0 fully saturated rings. The van der Waals surface area contributed by atoms with Gasteiger partial charge in [-0.05, 0) is 25.8 Å². The van der Waals surface area contributed by atoms with E-state index in [1.165, 1.54) is 5.56 Å². The van der Waals surface area contributed by atoms with Gasteiger partial charge in [-0.15, -0.1) is 0 Å². The van der Waals surface area contributed by atoms with Gasteiger partial charge < -0.3 is 15.8 Å². The lowest BCUT2D eigenvalue weighted by Gasteiger charge is -2.15. The number of nitrogen functional groups attached to an aromatic ring is 1. The summed E-state index contributed by atoms with van der Waals surface area (Å²) in [6.07, 6.45) is 0.922. The third-order valence-corrected chi connectivity index (χ3v) is 3.01. The summed E-state index contributed by atoms with van der Waals surface area (Å²) in [5, 5.41) is 3.36. The largest absolute Gasteiger partial charge is 0.384 e. The third-order valence-electron chi connectivity index (χ3n) is 3.01. The highest BCUT2D eigenvalue weighted by atomic mass is 16.5. The predicted octanol–water partition coefficient (Wildman–Crippen LogP) is 2.64. The van der Waals surface area contributed by atoms with Gasteiger partial charge in [0.05, 0.1) is 0 Å². The quantitative estimate of drug-likeness (QED) is 0.818. The van der Waals surface area contributed by atoms with Crippen LogP contribution in [0, 0.1) is 0 Å². The normalized spacial score (nSPS) is 12.1. The first-order chi connectivity index (χ1) is 10.2. The predicted molar refractivity (Wildman–Crippen MR) is 85.0 cm³/mol. The second-order valence-corrected chi connectivity index (χ2v) is 4.97. The van der Waals surface area contributed by atoms with Crippen molar-refractivity contribution in [3.8, 4) is 0 Å². The van der Waals surface area contributed by atoms with Crippen LogP contribution < -0.4 is 11.1 Å². The standard InChI is InChI=1S/C16H22N4O/c1-3-21-11-16-19-14(17)10-15(20-16)18-12(2)9-13-7-5-4-6-8-13/h4-8,10,12H,3,9,11H2,1-2H3,(H3,17,18,19,20). The van der Waals surface area contributed by atoms with E-state index >= 15 is 0 Å². The summed E-state index contributed by atoms with van der Waals surface area (Å²) in [5.41, 5.74) is 7.10. The monoisotopic (exact) mass is 286 g/mol. The van der Waals surface area contributed by atoms with Gasteiger partial charge in [-0.25, -0.2) is 9.97 Å². The molecule has 0 radical (unpaired) electrons. The third kappa shape index (κ3) is 5.04. The Morgan fingerprint density at radius 2 is 2.00 bits per heavy atom. The molecule has 0 aliphatic heterocycles. The molecule has 0 saturated heterocycles. The summed E-state index contributed by atoms with van der Waals surface area (Å²) in [6, 6.07) is 12.3. The van der Waals surface area contributed by atoms with Crippen LogP contribution in [0.5, 0.6) is 0 Å². The van der Waals surface area contributed by atoms with Crippen LogP contribution in [0.25, 0.3) is 0 Å². The summed E-state index contributed by atoms with van der Waals surface area (Å²) in [4.78, 5) is 8.59. The van der Waals surface area contributed by atoms with Crippen LogP contribution in [0.15, 0.2) is 36.4 Å². The zero-order valence-electron chi connectivity index (χ0n) is 12.5. The van der Waals surface area contributed by atoms with Crippen LogP contribution in [0.4, 0.5) is 11.6 Å². The highest BCUT2D eigenvalue weighted by Crippen LogP contribution is 2.12. The summed E-state index contributed by atoms with van der Waals surface area (Å²) < 4.78 is 5.32. The molecule has 1 atom stereocenters. The number of rotatable bonds is 7. The average Bonchev–Trinajstić information content (AvgIpc) is 2.45. The number of anilines is 2. The van der Waals surface area contributed by atoms with Gasteiger partial charge in [0.2, 0.25) is 0 Å². The number of hydrogen-bond donors (Lipinski definition) is 2. The molecule has 0 bridgehead atoms. The SMILES string of the molecule is CCOCc1nc(N)cc(NC(C)Cc2ccccc2)n1. The Bertz CT molecular complexity index is 559. The molecular weight excluding hydrogens is 264 g/mol. The van der Waals surface area contributed by atoms with Gasteiger partial charge in [-0.3, -0.25) is 0 Å². The summed E-state index contributed by atoms with van der Waals surface area (Å²) >= 11 is 0. The highest BCUT2D eigenvalue weighted by molar-refractivity contribution is 5.45. The van der Waals surface area contributed by atoms with Crippen molar-refractivity contribution in [2.45, 2.75) is 32.9 Å². The fourth-order valence-corrected chi connectivity index (χ4v) is 2.12. The van der Waals surface area contributed by atoms with Crippen molar-refractivity contribution < 1.29 is 4.74 Å². The van der Waals surface area contributed by atoms with Crippen LogP contribution in [0.2, 0.25) is 0 Å². The highest BCUT2D eigenvalue weighted by Gasteiger charge is 2.07. The molecule has 1 heterocycles. The number of ether oxygens (including phenoxy) is 1.